The summed E-state index contributed by atoms with van der Waals surface area (Å²) in [6, 6.07) is 5.97. The van der Waals surface area contributed by atoms with E-state index in [1.807, 2.05) is 0 Å². The van der Waals surface area contributed by atoms with Gasteiger partial charge in [-0.1, -0.05) is 26.0 Å². The largest absolute Gasteiger partial charge is 0.462 e. The van der Waals surface area contributed by atoms with Crippen molar-refractivity contribution in [1.82, 2.24) is 14.9 Å². The molecule has 1 aromatic carbocycles. The lowest BCUT2D eigenvalue weighted by molar-refractivity contribution is -0.137. The fraction of sp³-hybridized carbons (Fsp3) is 0.593. The summed E-state index contributed by atoms with van der Waals surface area (Å²) in [4.78, 5) is 19.3. The number of likely N-dealkylation sites (N-methyl/N-ethyl adjacent to an activating group) is 1. The Labute approximate surface area is 217 Å². The first-order valence-electron chi connectivity index (χ1n) is 13.1. The summed E-state index contributed by atoms with van der Waals surface area (Å²) in [7, 11) is 0. The van der Waals surface area contributed by atoms with Gasteiger partial charge in [-0.3, -0.25) is 0 Å². The maximum atomic E-state index is 13.7. The molecule has 2 aromatic rings. The van der Waals surface area contributed by atoms with Gasteiger partial charge in [-0.25, -0.2) is 6.57 Å². The Morgan fingerprint density at radius 2 is 1.92 bits per heavy atom. The predicted molar refractivity (Wildman–Crippen MR) is 138 cm³/mol. The zero-order valence-corrected chi connectivity index (χ0v) is 21.6. The number of ether oxygens (including phenoxy) is 1. The van der Waals surface area contributed by atoms with Crippen molar-refractivity contribution in [2.24, 2.45) is 5.92 Å². The first-order valence-corrected chi connectivity index (χ1v) is 13.1. The second-order valence-corrected chi connectivity index (χ2v) is 9.61. The highest BCUT2D eigenvalue weighted by molar-refractivity contribution is 5.59. The number of halogens is 3. The Kier molecular flexibility index (Phi) is 8.75. The van der Waals surface area contributed by atoms with Crippen molar-refractivity contribution in [3.8, 4) is 6.01 Å². The summed E-state index contributed by atoms with van der Waals surface area (Å²) in [6.45, 7) is 17.2. The molecular weight excluding hydrogens is 481 g/mol. The quantitative estimate of drug-likeness (QED) is 0.442. The summed E-state index contributed by atoms with van der Waals surface area (Å²) in [5.41, 5.74) is 1.21. The number of hydrogen-bond donors (Lipinski definition) is 0. The van der Waals surface area contributed by atoms with Gasteiger partial charge in [-0.05, 0) is 44.5 Å². The summed E-state index contributed by atoms with van der Waals surface area (Å²) in [5, 5.41) is 0. The van der Waals surface area contributed by atoms with Gasteiger partial charge in [0.1, 0.15) is 12.4 Å². The molecule has 0 saturated carbocycles. The molecule has 0 amide bonds. The van der Waals surface area contributed by atoms with E-state index in [9.17, 15) is 13.2 Å². The van der Waals surface area contributed by atoms with Crippen LogP contribution in [0.3, 0.4) is 0 Å². The molecule has 1 unspecified atom stereocenters. The number of piperidine rings is 1. The van der Waals surface area contributed by atoms with Crippen molar-refractivity contribution < 1.29 is 17.9 Å². The van der Waals surface area contributed by atoms with E-state index in [1.54, 1.807) is 11.0 Å². The molecule has 1 fully saturated rings. The van der Waals surface area contributed by atoms with Gasteiger partial charge in [0, 0.05) is 43.3 Å². The average Bonchev–Trinajstić information content (AvgIpc) is 2.90. The number of aromatic nitrogens is 2. The van der Waals surface area contributed by atoms with E-state index in [4.69, 9.17) is 21.3 Å². The average molecular weight is 517 g/mol. The monoisotopic (exact) mass is 516 g/mol. The second kappa shape index (κ2) is 12.0. The van der Waals surface area contributed by atoms with E-state index in [1.165, 1.54) is 12.1 Å². The molecule has 0 aliphatic carbocycles. The SMILES string of the molecule is [C-]#[N+]CC1CCCN(c2nc(OCCN(CC)CC)nc3c2CCN(c2ccccc2C(F)(F)F)C3)C1. The van der Waals surface area contributed by atoms with Crippen molar-refractivity contribution in [2.75, 3.05) is 62.2 Å². The predicted octanol–water partition coefficient (Wildman–Crippen LogP) is 4.91. The maximum absolute atomic E-state index is 13.7. The Balaban J connectivity index is 1.64. The van der Waals surface area contributed by atoms with Crippen molar-refractivity contribution >= 4 is 11.5 Å². The highest BCUT2D eigenvalue weighted by Gasteiger charge is 2.36. The lowest BCUT2D eigenvalue weighted by Gasteiger charge is -2.36. The molecule has 0 spiro atoms. The summed E-state index contributed by atoms with van der Waals surface area (Å²) in [5.74, 6) is 1.09. The van der Waals surface area contributed by atoms with Crippen LogP contribution in [0, 0.1) is 12.5 Å². The number of alkyl halides is 3. The van der Waals surface area contributed by atoms with Crippen LogP contribution in [-0.2, 0) is 19.1 Å². The molecule has 1 aromatic heterocycles. The molecule has 3 heterocycles. The number of hydrogen-bond acceptors (Lipinski definition) is 6. The summed E-state index contributed by atoms with van der Waals surface area (Å²) < 4.78 is 47.2. The fourth-order valence-corrected chi connectivity index (χ4v) is 5.25. The Morgan fingerprint density at radius 3 is 2.65 bits per heavy atom. The highest BCUT2D eigenvalue weighted by Crippen LogP contribution is 2.39. The van der Waals surface area contributed by atoms with Crippen LogP contribution < -0.4 is 14.5 Å². The van der Waals surface area contributed by atoms with Crippen LogP contribution in [0.2, 0.25) is 0 Å². The van der Waals surface area contributed by atoms with Gasteiger partial charge >= 0.3 is 12.2 Å². The van der Waals surface area contributed by atoms with E-state index >= 15 is 0 Å². The van der Waals surface area contributed by atoms with Gasteiger partial charge in [0.2, 0.25) is 6.54 Å². The van der Waals surface area contributed by atoms with E-state index < -0.39 is 11.7 Å². The minimum Gasteiger partial charge on any atom is -0.462 e. The van der Waals surface area contributed by atoms with Gasteiger partial charge in [0.05, 0.1) is 17.8 Å². The van der Waals surface area contributed by atoms with Crippen LogP contribution in [-0.4, -0.2) is 67.3 Å². The minimum absolute atomic E-state index is 0.167. The number of benzene rings is 1. The molecule has 200 valence electrons. The van der Waals surface area contributed by atoms with Gasteiger partial charge in [-0.2, -0.15) is 23.1 Å². The van der Waals surface area contributed by atoms with Gasteiger partial charge in [0.25, 0.3) is 0 Å². The Bertz CT molecular complexity index is 1100. The third-order valence-electron chi connectivity index (χ3n) is 7.27. The van der Waals surface area contributed by atoms with Crippen LogP contribution in [0.5, 0.6) is 6.01 Å². The molecule has 2 aliphatic heterocycles. The van der Waals surface area contributed by atoms with E-state index in [2.05, 4.69) is 28.5 Å². The Morgan fingerprint density at radius 1 is 1.14 bits per heavy atom. The van der Waals surface area contributed by atoms with E-state index in [-0.39, 0.29) is 24.2 Å². The topological polar surface area (TPSA) is 49.1 Å². The number of nitrogens with zero attached hydrogens (tertiary/aromatic N) is 6. The third-order valence-corrected chi connectivity index (χ3v) is 7.27. The molecular formula is C27H35F3N6O. The zero-order chi connectivity index (χ0) is 26.4. The smallest absolute Gasteiger partial charge is 0.418 e. The summed E-state index contributed by atoms with van der Waals surface area (Å²) >= 11 is 0. The molecule has 0 N–H and O–H groups in total. The maximum Gasteiger partial charge on any atom is 0.418 e. The molecule has 1 saturated heterocycles. The van der Waals surface area contributed by atoms with Crippen LogP contribution in [0.4, 0.5) is 24.7 Å². The molecule has 4 rings (SSSR count). The number of fused-ring (bicyclic) bond motifs is 1. The molecule has 37 heavy (non-hydrogen) atoms. The van der Waals surface area contributed by atoms with Crippen molar-refractivity contribution in [3.63, 3.8) is 0 Å². The number of rotatable bonds is 9. The van der Waals surface area contributed by atoms with E-state index in [0.717, 1.165) is 63.0 Å². The third kappa shape index (κ3) is 6.45. The molecule has 2 aliphatic rings. The van der Waals surface area contributed by atoms with Gasteiger partial charge in [0.15, 0.2) is 0 Å². The normalized spacial score (nSPS) is 18.0. The molecule has 7 nitrogen and oxygen atoms in total. The Hall–Kier alpha value is -3.06. The molecule has 0 bridgehead atoms. The van der Waals surface area contributed by atoms with Gasteiger partial charge in [-0.15, -0.1) is 0 Å². The van der Waals surface area contributed by atoms with Crippen molar-refractivity contribution in [2.45, 2.75) is 45.8 Å². The van der Waals surface area contributed by atoms with Gasteiger partial charge < -0.3 is 24.3 Å². The highest BCUT2D eigenvalue weighted by atomic mass is 19.4. The number of para-hydroxylation sites is 1. The minimum atomic E-state index is -4.43. The first-order chi connectivity index (χ1) is 17.8. The fourth-order valence-electron chi connectivity index (χ4n) is 5.25. The van der Waals surface area contributed by atoms with Crippen LogP contribution >= 0.6 is 0 Å². The molecule has 1 atom stereocenters. The second-order valence-electron chi connectivity index (χ2n) is 9.61. The molecule has 10 heteroatoms. The standard InChI is InChI=1S/C27H35F3N6O/c1-4-34(5-2)15-16-37-26-32-23-19-35(24-11-7-6-10-22(24)27(28,29)30)14-12-21(23)25(33-26)36-13-8-9-20(18-36)17-31-3/h6-7,10-11,20H,4-5,8-9,12-19H2,1-2H3. The van der Waals surface area contributed by atoms with Crippen LogP contribution in [0.1, 0.15) is 43.5 Å². The van der Waals surface area contributed by atoms with Crippen LogP contribution in [0.25, 0.3) is 4.85 Å². The summed E-state index contributed by atoms with van der Waals surface area (Å²) in [6.07, 6.45) is -1.90. The lowest BCUT2D eigenvalue weighted by Crippen LogP contribution is -2.40. The zero-order valence-electron chi connectivity index (χ0n) is 21.6. The van der Waals surface area contributed by atoms with Crippen molar-refractivity contribution in [3.05, 3.63) is 52.5 Å². The molecule has 0 radical (unpaired) electrons. The van der Waals surface area contributed by atoms with E-state index in [0.29, 0.717) is 31.8 Å². The first kappa shape index (κ1) is 27.0. The lowest BCUT2D eigenvalue weighted by atomic mass is 9.96. The number of anilines is 2. The van der Waals surface area contributed by atoms with Crippen molar-refractivity contribution in [1.29, 1.82) is 0 Å². The van der Waals surface area contributed by atoms with Crippen LogP contribution in [0.15, 0.2) is 24.3 Å².